The quantitative estimate of drug-likeness (QED) is 0.756. The van der Waals surface area contributed by atoms with E-state index in [9.17, 15) is 0 Å². The van der Waals surface area contributed by atoms with Crippen molar-refractivity contribution >= 4 is 15.9 Å². The van der Waals surface area contributed by atoms with Crippen LogP contribution in [-0.4, -0.2) is 23.7 Å². The van der Waals surface area contributed by atoms with Crippen molar-refractivity contribution in [1.82, 2.24) is 9.97 Å². The maximum atomic E-state index is 5.65. The number of aromatic nitrogens is 2. The van der Waals surface area contributed by atoms with E-state index in [1.165, 1.54) is 6.33 Å². The van der Waals surface area contributed by atoms with Crippen LogP contribution in [0.5, 0.6) is 11.6 Å². The summed E-state index contributed by atoms with van der Waals surface area (Å²) in [4.78, 5) is 8.41. The van der Waals surface area contributed by atoms with Gasteiger partial charge in [-0.15, -0.1) is 0 Å². The smallest absolute Gasteiger partial charge is 0.216 e. The number of methoxy groups -OCH3 is 1. The van der Waals surface area contributed by atoms with Crippen LogP contribution < -0.4 is 9.47 Å². The van der Waals surface area contributed by atoms with Gasteiger partial charge in [0.2, 0.25) is 5.88 Å². The van der Waals surface area contributed by atoms with Gasteiger partial charge in [0, 0.05) is 28.6 Å². The Hall–Kier alpha value is -1.62. The minimum Gasteiger partial charge on any atom is -0.494 e. The molecule has 20 heavy (non-hydrogen) atoms. The van der Waals surface area contributed by atoms with E-state index < -0.39 is 0 Å². The molecule has 106 valence electrons. The first-order valence-corrected chi connectivity index (χ1v) is 7.36. The fraction of sp³-hybridized carbons (Fsp3) is 0.333. The molecule has 1 aromatic carbocycles. The molecule has 0 N–H and O–H groups in total. The summed E-state index contributed by atoms with van der Waals surface area (Å²) >= 11 is 3.71. The molecule has 0 saturated carbocycles. The Balaban J connectivity index is 2.17. The molecular weight excluding hydrogens is 320 g/mol. The largest absolute Gasteiger partial charge is 0.494 e. The average Bonchev–Trinajstić information content (AvgIpc) is 2.48. The predicted octanol–water partition coefficient (Wildman–Crippen LogP) is 3.56. The summed E-state index contributed by atoms with van der Waals surface area (Å²) in [5, 5.41) is 0. The maximum Gasteiger partial charge on any atom is 0.216 e. The molecule has 0 spiro atoms. The van der Waals surface area contributed by atoms with E-state index in [1.54, 1.807) is 7.11 Å². The second-order valence-corrected chi connectivity index (χ2v) is 5.30. The minimum absolute atomic E-state index is 0.129. The lowest BCUT2D eigenvalue weighted by molar-refractivity contribution is 0.336. The van der Waals surface area contributed by atoms with E-state index >= 15 is 0 Å². The van der Waals surface area contributed by atoms with Crippen LogP contribution >= 0.6 is 15.9 Å². The molecule has 5 heteroatoms. The van der Waals surface area contributed by atoms with E-state index in [0.29, 0.717) is 12.5 Å². The molecule has 1 atom stereocenters. The number of hydrogen-bond donors (Lipinski definition) is 0. The maximum absolute atomic E-state index is 5.65. The highest BCUT2D eigenvalue weighted by Crippen LogP contribution is 2.33. The lowest BCUT2D eigenvalue weighted by atomic mass is 10.1. The van der Waals surface area contributed by atoms with Crippen molar-refractivity contribution < 1.29 is 9.47 Å². The number of nitrogens with zero attached hydrogens (tertiary/aromatic N) is 2. The third-order valence-electron chi connectivity index (χ3n) is 2.85. The molecule has 0 aliphatic rings. The highest BCUT2D eigenvalue weighted by atomic mass is 79.9. The summed E-state index contributed by atoms with van der Waals surface area (Å²) in [6, 6.07) is 9.86. The number of halogens is 1. The van der Waals surface area contributed by atoms with E-state index in [2.05, 4.69) is 32.0 Å². The number of rotatable bonds is 6. The molecule has 0 fully saturated rings. The lowest BCUT2D eigenvalue weighted by Gasteiger charge is -2.15. The molecule has 0 saturated heterocycles. The zero-order valence-corrected chi connectivity index (χ0v) is 13.1. The molecule has 2 aromatic rings. The van der Waals surface area contributed by atoms with Gasteiger partial charge in [0.25, 0.3) is 0 Å². The molecule has 0 radical (unpaired) electrons. The van der Waals surface area contributed by atoms with Crippen LogP contribution in [0, 0.1) is 0 Å². The van der Waals surface area contributed by atoms with Gasteiger partial charge in [0.05, 0.1) is 13.7 Å². The van der Waals surface area contributed by atoms with Gasteiger partial charge < -0.3 is 9.47 Å². The zero-order valence-electron chi connectivity index (χ0n) is 11.5. The second kappa shape index (κ2) is 7.24. The number of hydrogen-bond acceptors (Lipinski definition) is 4. The van der Waals surface area contributed by atoms with Crippen LogP contribution in [-0.2, 0) is 6.42 Å². The van der Waals surface area contributed by atoms with Gasteiger partial charge in [-0.1, -0.05) is 34.1 Å². The van der Waals surface area contributed by atoms with E-state index in [4.69, 9.17) is 9.47 Å². The summed E-state index contributed by atoms with van der Waals surface area (Å²) in [6.07, 6.45) is 2.26. The molecule has 1 unspecified atom stereocenters. The van der Waals surface area contributed by atoms with E-state index in [1.807, 2.05) is 31.2 Å². The Morgan fingerprint density at radius 3 is 2.80 bits per heavy atom. The molecule has 0 bridgehead atoms. The molecule has 2 rings (SSSR count). The monoisotopic (exact) mass is 336 g/mol. The Kier molecular flexibility index (Phi) is 5.35. The zero-order chi connectivity index (χ0) is 14.4. The Morgan fingerprint density at radius 1 is 1.25 bits per heavy atom. The first kappa shape index (κ1) is 14.8. The van der Waals surface area contributed by atoms with Crippen molar-refractivity contribution in [2.75, 3.05) is 13.7 Å². The van der Waals surface area contributed by atoms with Gasteiger partial charge in [-0.2, -0.15) is 0 Å². The molecule has 1 aromatic heterocycles. The van der Waals surface area contributed by atoms with Crippen LogP contribution in [0.4, 0.5) is 0 Å². The van der Waals surface area contributed by atoms with Crippen molar-refractivity contribution in [3.05, 3.63) is 47.9 Å². The molecule has 0 aliphatic heterocycles. The third kappa shape index (κ3) is 3.70. The van der Waals surface area contributed by atoms with Crippen LogP contribution in [0.3, 0.4) is 0 Å². The predicted molar refractivity (Wildman–Crippen MR) is 81.6 cm³/mol. The Bertz CT molecular complexity index is 563. The van der Waals surface area contributed by atoms with Crippen LogP contribution in [0.2, 0.25) is 0 Å². The highest BCUT2D eigenvalue weighted by Gasteiger charge is 2.14. The first-order valence-electron chi connectivity index (χ1n) is 6.45. The molecule has 4 nitrogen and oxygen atoms in total. The van der Waals surface area contributed by atoms with Gasteiger partial charge in [-0.05, 0) is 13.0 Å². The summed E-state index contributed by atoms with van der Waals surface area (Å²) in [5.41, 5.74) is 2.04. The lowest BCUT2D eigenvalue weighted by Crippen LogP contribution is -2.02. The Morgan fingerprint density at radius 2 is 2.05 bits per heavy atom. The fourth-order valence-electron chi connectivity index (χ4n) is 1.92. The van der Waals surface area contributed by atoms with Crippen molar-refractivity contribution in [1.29, 1.82) is 0 Å². The highest BCUT2D eigenvalue weighted by molar-refractivity contribution is 9.09. The van der Waals surface area contributed by atoms with Gasteiger partial charge in [0.1, 0.15) is 12.1 Å². The van der Waals surface area contributed by atoms with Crippen molar-refractivity contribution in [2.45, 2.75) is 18.2 Å². The number of alkyl halides is 1. The molecule has 0 aliphatic carbocycles. The standard InChI is InChI=1S/C15H17BrN2O2/c1-3-20-14-7-5-4-6-12(14)13(16)8-11-9-15(19-2)18-10-17-11/h4-7,9-10,13H,3,8H2,1-2H3. The van der Waals surface area contributed by atoms with Gasteiger partial charge >= 0.3 is 0 Å². The SMILES string of the molecule is CCOc1ccccc1C(Br)Cc1cc(OC)ncn1. The van der Waals surface area contributed by atoms with Crippen LogP contribution in [0.15, 0.2) is 36.7 Å². The Labute approximate surface area is 127 Å². The van der Waals surface area contributed by atoms with Crippen molar-refractivity contribution in [3.8, 4) is 11.6 Å². The number of benzene rings is 1. The van der Waals surface area contributed by atoms with Crippen molar-refractivity contribution in [2.24, 2.45) is 0 Å². The minimum atomic E-state index is 0.129. The van der Waals surface area contributed by atoms with E-state index in [-0.39, 0.29) is 4.83 Å². The van der Waals surface area contributed by atoms with Crippen LogP contribution in [0.25, 0.3) is 0 Å². The summed E-state index contributed by atoms with van der Waals surface area (Å²) < 4.78 is 10.8. The topological polar surface area (TPSA) is 44.2 Å². The second-order valence-electron chi connectivity index (χ2n) is 4.19. The molecular formula is C15H17BrN2O2. The third-order valence-corrected chi connectivity index (χ3v) is 3.67. The molecule has 1 heterocycles. The number of para-hydroxylation sites is 1. The van der Waals surface area contributed by atoms with E-state index in [0.717, 1.165) is 23.4 Å². The normalized spacial score (nSPS) is 11.9. The van der Waals surface area contributed by atoms with Gasteiger partial charge in [-0.3, -0.25) is 0 Å². The van der Waals surface area contributed by atoms with Gasteiger partial charge in [-0.25, -0.2) is 9.97 Å². The number of ether oxygens (including phenoxy) is 2. The summed E-state index contributed by atoms with van der Waals surface area (Å²) in [7, 11) is 1.60. The summed E-state index contributed by atoms with van der Waals surface area (Å²) in [5.74, 6) is 1.48. The summed E-state index contributed by atoms with van der Waals surface area (Å²) in [6.45, 7) is 2.63. The first-order chi connectivity index (χ1) is 9.74. The van der Waals surface area contributed by atoms with Crippen LogP contribution in [0.1, 0.15) is 23.0 Å². The molecule has 0 amide bonds. The average molecular weight is 337 g/mol. The van der Waals surface area contributed by atoms with Gasteiger partial charge in [0.15, 0.2) is 0 Å². The van der Waals surface area contributed by atoms with Crippen molar-refractivity contribution in [3.63, 3.8) is 0 Å². The fourth-order valence-corrected chi connectivity index (χ4v) is 2.63.